The maximum absolute atomic E-state index is 13.1. The molecule has 33 heavy (non-hydrogen) atoms. The molecular formula is C25H17ClN6O. The fourth-order valence-electron chi connectivity index (χ4n) is 3.76. The molecular weight excluding hydrogens is 436 g/mol. The van der Waals surface area contributed by atoms with E-state index in [0.29, 0.717) is 51.6 Å². The van der Waals surface area contributed by atoms with Crippen molar-refractivity contribution in [3.05, 3.63) is 94.8 Å². The van der Waals surface area contributed by atoms with E-state index in [2.05, 4.69) is 21.4 Å². The van der Waals surface area contributed by atoms with Gasteiger partial charge in [-0.05, 0) is 42.3 Å². The number of benzene rings is 2. The van der Waals surface area contributed by atoms with Gasteiger partial charge in [0, 0.05) is 18.9 Å². The topological polar surface area (TPSA) is 96.5 Å². The summed E-state index contributed by atoms with van der Waals surface area (Å²) in [6, 6.07) is 20.3. The number of rotatable bonds is 5. The number of fused-ring (bicyclic) bond motifs is 2. The fraction of sp³-hybridized carbons (Fsp3) is 0.0800. The number of amides is 1. The average Bonchev–Trinajstić information content (AvgIpc) is 3.13. The van der Waals surface area contributed by atoms with Crippen molar-refractivity contribution in [3.8, 4) is 6.07 Å². The molecule has 0 fully saturated rings. The first kappa shape index (κ1) is 20.6. The molecule has 7 nitrogen and oxygen atoms in total. The number of carbonyl (C=O) groups is 1. The smallest absolute Gasteiger partial charge is 0.258 e. The van der Waals surface area contributed by atoms with Crippen molar-refractivity contribution >= 4 is 45.5 Å². The number of anilines is 1. The molecule has 1 amide bonds. The van der Waals surface area contributed by atoms with Crippen LogP contribution in [0.25, 0.3) is 22.2 Å². The first-order valence-corrected chi connectivity index (χ1v) is 10.7. The molecule has 5 rings (SSSR count). The van der Waals surface area contributed by atoms with Gasteiger partial charge in [-0.15, -0.1) is 0 Å². The number of nitriles is 1. The predicted molar refractivity (Wildman–Crippen MR) is 127 cm³/mol. The minimum absolute atomic E-state index is 0.259. The van der Waals surface area contributed by atoms with Crippen molar-refractivity contribution in [1.29, 1.82) is 5.26 Å². The Morgan fingerprint density at radius 3 is 2.52 bits per heavy atom. The van der Waals surface area contributed by atoms with E-state index >= 15 is 0 Å². The third-order valence-corrected chi connectivity index (χ3v) is 5.69. The second-order valence-corrected chi connectivity index (χ2v) is 7.82. The molecule has 0 saturated heterocycles. The van der Waals surface area contributed by atoms with E-state index in [0.717, 1.165) is 5.56 Å². The van der Waals surface area contributed by atoms with Gasteiger partial charge in [-0.1, -0.05) is 41.9 Å². The number of para-hydroxylation sites is 2. The van der Waals surface area contributed by atoms with Crippen molar-refractivity contribution in [2.24, 2.45) is 0 Å². The summed E-state index contributed by atoms with van der Waals surface area (Å²) < 4.78 is 1.83. The van der Waals surface area contributed by atoms with E-state index < -0.39 is 5.91 Å². The standard InChI is InChI=1S/C25H17ClN6O/c26-19-8-2-1-7-17(19)25(33)31-23-18(14-27)22-24(30-21-10-4-3-9-20(21)29-22)32(23)13-11-16-6-5-12-28-15-16/h1-10,12,15H,11,13H2,(H,31,33). The number of hydrogen-bond acceptors (Lipinski definition) is 5. The van der Waals surface area contributed by atoms with Crippen molar-refractivity contribution < 1.29 is 4.79 Å². The van der Waals surface area contributed by atoms with Crippen LogP contribution >= 0.6 is 11.6 Å². The predicted octanol–water partition coefficient (Wildman–Crippen LogP) is 5.00. The van der Waals surface area contributed by atoms with Gasteiger partial charge in [0.05, 0.1) is 21.6 Å². The summed E-state index contributed by atoms with van der Waals surface area (Å²) in [7, 11) is 0. The van der Waals surface area contributed by atoms with E-state index in [1.54, 1.807) is 36.7 Å². The van der Waals surface area contributed by atoms with Crippen LogP contribution in [0.15, 0.2) is 73.1 Å². The van der Waals surface area contributed by atoms with Crippen LogP contribution in [-0.4, -0.2) is 25.4 Å². The summed E-state index contributed by atoms with van der Waals surface area (Å²) in [5, 5.41) is 13.2. The van der Waals surface area contributed by atoms with Crippen LogP contribution in [0.2, 0.25) is 5.02 Å². The summed E-state index contributed by atoms with van der Waals surface area (Å²) in [5.41, 5.74) is 3.96. The van der Waals surface area contributed by atoms with Crippen molar-refractivity contribution in [2.75, 3.05) is 5.32 Å². The quantitative estimate of drug-likeness (QED) is 0.404. The lowest BCUT2D eigenvalue weighted by Gasteiger charge is -2.12. The highest BCUT2D eigenvalue weighted by Crippen LogP contribution is 2.30. The van der Waals surface area contributed by atoms with Crippen LogP contribution in [0.5, 0.6) is 0 Å². The highest BCUT2D eigenvalue weighted by Gasteiger charge is 2.23. The maximum Gasteiger partial charge on any atom is 0.258 e. The highest BCUT2D eigenvalue weighted by molar-refractivity contribution is 6.34. The van der Waals surface area contributed by atoms with Gasteiger partial charge in [0.15, 0.2) is 5.65 Å². The summed E-state index contributed by atoms with van der Waals surface area (Å²) in [6.45, 7) is 0.467. The van der Waals surface area contributed by atoms with Crippen LogP contribution in [0, 0.1) is 11.3 Å². The molecule has 0 bridgehead atoms. The zero-order valence-electron chi connectivity index (χ0n) is 17.4. The minimum atomic E-state index is -0.410. The van der Waals surface area contributed by atoms with Crippen molar-refractivity contribution in [1.82, 2.24) is 19.5 Å². The Morgan fingerprint density at radius 2 is 1.79 bits per heavy atom. The first-order chi connectivity index (χ1) is 16.2. The molecule has 8 heteroatoms. The molecule has 0 aliphatic heterocycles. The first-order valence-electron chi connectivity index (χ1n) is 10.3. The summed E-state index contributed by atoms with van der Waals surface area (Å²) in [5.74, 6) is -0.0660. The molecule has 0 radical (unpaired) electrons. The number of halogens is 1. The molecule has 3 heterocycles. The molecule has 0 atom stereocenters. The van der Waals surface area contributed by atoms with Crippen molar-refractivity contribution in [3.63, 3.8) is 0 Å². The Kier molecular flexibility index (Phi) is 5.43. The summed E-state index contributed by atoms with van der Waals surface area (Å²) >= 11 is 6.23. The molecule has 2 aromatic carbocycles. The lowest BCUT2D eigenvalue weighted by Crippen LogP contribution is -2.17. The summed E-state index contributed by atoms with van der Waals surface area (Å²) in [6.07, 6.45) is 4.14. The lowest BCUT2D eigenvalue weighted by atomic mass is 10.2. The zero-order chi connectivity index (χ0) is 22.8. The van der Waals surface area contributed by atoms with Gasteiger partial charge < -0.3 is 9.88 Å². The molecule has 0 aliphatic rings. The second-order valence-electron chi connectivity index (χ2n) is 7.42. The molecule has 5 aromatic rings. The minimum Gasteiger partial charge on any atom is -0.309 e. The molecule has 0 unspecified atom stereocenters. The Hall–Kier alpha value is -4.28. The van der Waals surface area contributed by atoms with Gasteiger partial charge in [-0.2, -0.15) is 5.26 Å². The number of carbonyl (C=O) groups excluding carboxylic acids is 1. The SMILES string of the molecule is N#Cc1c(NC(=O)c2ccccc2Cl)n(CCc2cccnc2)c2nc3ccccc3nc12. The third-order valence-electron chi connectivity index (χ3n) is 5.36. The van der Waals surface area contributed by atoms with Crippen LogP contribution in [0.3, 0.4) is 0 Å². The zero-order valence-corrected chi connectivity index (χ0v) is 18.1. The number of pyridine rings is 1. The van der Waals surface area contributed by atoms with Gasteiger partial charge >= 0.3 is 0 Å². The number of aromatic nitrogens is 4. The van der Waals surface area contributed by atoms with E-state index in [-0.39, 0.29) is 5.56 Å². The van der Waals surface area contributed by atoms with Crippen molar-refractivity contribution in [2.45, 2.75) is 13.0 Å². The maximum atomic E-state index is 13.1. The Bertz CT molecular complexity index is 1540. The Morgan fingerprint density at radius 1 is 1.03 bits per heavy atom. The van der Waals surface area contributed by atoms with Gasteiger partial charge in [0.1, 0.15) is 23.0 Å². The van der Waals surface area contributed by atoms with E-state index in [4.69, 9.17) is 16.6 Å². The molecule has 1 N–H and O–H groups in total. The molecule has 160 valence electrons. The molecule has 0 saturated carbocycles. The normalized spacial score (nSPS) is 10.9. The average molecular weight is 453 g/mol. The third kappa shape index (κ3) is 3.88. The van der Waals surface area contributed by atoms with E-state index in [9.17, 15) is 10.1 Å². The molecule has 0 spiro atoms. The van der Waals surface area contributed by atoms with Gasteiger partial charge in [0.2, 0.25) is 0 Å². The van der Waals surface area contributed by atoms with Crippen LogP contribution < -0.4 is 5.32 Å². The number of nitrogens with one attached hydrogen (secondary N) is 1. The van der Waals surface area contributed by atoms with Crippen LogP contribution in [0.1, 0.15) is 21.5 Å². The number of hydrogen-bond donors (Lipinski definition) is 1. The monoisotopic (exact) mass is 452 g/mol. The Labute approximate surface area is 194 Å². The van der Waals surface area contributed by atoms with Crippen LogP contribution in [0.4, 0.5) is 5.82 Å². The van der Waals surface area contributed by atoms with Gasteiger partial charge in [0.25, 0.3) is 5.91 Å². The summed E-state index contributed by atoms with van der Waals surface area (Å²) in [4.78, 5) is 26.7. The number of nitrogens with zero attached hydrogens (tertiary/aromatic N) is 5. The molecule has 0 aliphatic carbocycles. The van der Waals surface area contributed by atoms with E-state index in [1.165, 1.54) is 0 Å². The van der Waals surface area contributed by atoms with Gasteiger partial charge in [-0.25, -0.2) is 9.97 Å². The number of aryl methyl sites for hydroxylation is 2. The second kappa shape index (κ2) is 8.69. The largest absolute Gasteiger partial charge is 0.309 e. The van der Waals surface area contributed by atoms with E-state index in [1.807, 2.05) is 41.0 Å². The van der Waals surface area contributed by atoms with Crippen LogP contribution in [-0.2, 0) is 13.0 Å². The lowest BCUT2D eigenvalue weighted by molar-refractivity contribution is 0.102. The fourth-order valence-corrected chi connectivity index (χ4v) is 3.98. The molecule has 3 aromatic heterocycles. The Balaban J connectivity index is 1.66. The van der Waals surface area contributed by atoms with Gasteiger partial charge in [-0.3, -0.25) is 9.78 Å². The highest BCUT2D eigenvalue weighted by atomic mass is 35.5.